The highest BCUT2D eigenvalue weighted by atomic mass is 16.6. The number of esters is 1. The Balaban J connectivity index is 2.04. The highest BCUT2D eigenvalue weighted by molar-refractivity contribution is 5.81. The number of nitrogens with zero attached hydrogens (tertiary/aromatic N) is 1. The largest absolute Gasteiger partial charge is 0.481 e. The second-order valence-electron chi connectivity index (χ2n) is 6.76. The number of hydrogen-bond donors (Lipinski definition) is 1. The van der Waals surface area contributed by atoms with E-state index in [9.17, 15) is 14.4 Å². The van der Waals surface area contributed by atoms with Gasteiger partial charge in [0.1, 0.15) is 6.04 Å². The number of hydrogen-bond acceptors (Lipinski definition) is 5. The van der Waals surface area contributed by atoms with Gasteiger partial charge < -0.3 is 14.6 Å². The van der Waals surface area contributed by atoms with E-state index in [-0.39, 0.29) is 19.0 Å². The number of likely N-dealkylation sites (tertiary alicyclic amines) is 1. The zero-order valence-electron chi connectivity index (χ0n) is 14.4. The third kappa shape index (κ3) is 4.39. The molecule has 1 aliphatic heterocycles. The van der Waals surface area contributed by atoms with Crippen molar-refractivity contribution >= 4 is 18.0 Å². The predicted molar refractivity (Wildman–Crippen MR) is 85.3 cm³/mol. The summed E-state index contributed by atoms with van der Waals surface area (Å²) in [4.78, 5) is 36.6. The van der Waals surface area contributed by atoms with E-state index >= 15 is 0 Å². The number of ether oxygens (including phenoxy) is 2. The summed E-state index contributed by atoms with van der Waals surface area (Å²) in [5.74, 6) is -0.0883. The molecule has 1 saturated heterocycles. The fourth-order valence-corrected chi connectivity index (χ4v) is 4.12. The molecule has 0 aromatic carbocycles. The predicted octanol–water partition coefficient (Wildman–Crippen LogP) is 2.29. The van der Waals surface area contributed by atoms with E-state index < -0.39 is 18.1 Å². The molecule has 2 aliphatic rings. The highest BCUT2D eigenvalue weighted by Crippen LogP contribution is 2.42. The number of fused-ring (bicyclic) bond motifs is 1. The summed E-state index contributed by atoms with van der Waals surface area (Å²) in [5, 5.41) is 8.85. The summed E-state index contributed by atoms with van der Waals surface area (Å²) in [5.41, 5.74) is 0. The molecular formula is C17H27NO6. The van der Waals surface area contributed by atoms with Gasteiger partial charge in [-0.15, -0.1) is 0 Å². The fourth-order valence-electron chi connectivity index (χ4n) is 4.12. The van der Waals surface area contributed by atoms with Crippen LogP contribution in [0.25, 0.3) is 0 Å². The first-order chi connectivity index (χ1) is 11.5. The van der Waals surface area contributed by atoms with Gasteiger partial charge in [0.05, 0.1) is 13.7 Å². The molecule has 7 nitrogen and oxygen atoms in total. The third-order valence-electron chi connectivity index (χ3n) is 5.32. The van der Waals surface area contributed by atoms with E-state index in [2.05, 4.69) is 0 Å². The topological polar surface area (TPSA) is 93.1 Å². The number of methoxy groups -OCH3 is 1. The molecule has 0 radical (unpaired) electrons. The minimum atomic E-state index is -0.762. The van der Waals surface area contributed by atoms with Crippen molar-refractivity contribution in [2.45, 2.75) is 51.5 Å². The van der Waals surface area contributed by atoms with Crippen molar-refractivity contribution in [3.05, 3.63) is 0 Å². The molecule has 0 spiro atoms. The lowest BCUT2D eigenvalue weighted by Crippen LogP contribution is -2.55. The van der Waals surface area contributed by atoms with Gasteiger partial charge in [-0.1, -0.05) is 6.42 Å². The van der Waals surface area contributed by atoms with Crippen molar-refractivity contribution in [2.75, 3.05) is 20.3 Å². The van der Waals surface area contributed by atoms with E-state index in [4.69, 9.17) is 14.6 Å². The number of carbonyl (C=O) groups is 3. The Hall–Kier alpha value is -1.79. The second kappa shape index (κ2) is 8.35. The first-order valence-corrected chi connectivity index (χ1v) is 8.69. The summed E-state index contributed by atoms with van der Waals surface area (Å²) in [6.07, 6.45) is 3.82. The molecule has 1 amide bonds. The third-order valence-corrected chi connectivity index (χ3v) is 5.32. The summed E-state index contributed by atoms with van der Waals surface area (Å²) in [6.45, 7) is 2.53. The number of carbonyl (C=O) groups excluding carboxylic acids is 2. The molecule has 4 atom stereocenters. The summed E-state index contributed by atoms with van der Waals surface area (Å²) in [7, 11) is 1.32. The van der Waals surface area contributed by atoms with Crippen LogP contribution in [0.3, 0.4) is 0 Å². The van der Waals surface area contributed by atoms with Gasteiger partial charge in [0.25, 0.3) is 0 Å². The monoisotopic (exact) mass is 341 g/mol. The van der Waals surface area contributed by atoms with Gasteiger partial charge in [0.15, 0.2) is 0 Å². The lowest BCUT2D eigenvalue weighted by Gasteiger charge is -2.46. The molecule has 0 bridgehead atoms. The molecule has 0 aromatic rings. The van der Waals surface area contributed by atoms with E-state index in [1.54, 1.807) is 6.92 Å². The zero-order chi connectivity index (χ0) is 17.7. The summed E-state index contributed by atoms with van der Waals surface area (Å²) >= 11 is 0. The molecule has 24 heavy (non-hydrogen) atoms. The lowest BCUT2D eigenvalue weighted by atomic mass is 9.68. The van der Waals surface area contributed by atoms with E-state index in [1.165, 1.54) is 12.0 Å². The fraction of sp³-hybridized carbons (Fsp3) is 0.824. The van der Waals surface area contributed by atoms with Crippen LogP contribution in [-0.2, 0) is 19.1 Å². The van der Waals surface area contributed by atoms with Crippen LogP contribution in [0.2, 0.25) is 0 Å². The zero-order valence-corrected chi connectivity index (χ0v) is 14.4. The molecule has 7 heteroatoms. The standard InChI is InChI=1S/C17H27NO6/c1-3-24-16(21)14-9-13-8-11(5-7-15(19)20)4-6-12(13)10-18(14)17(22)23-2/h11-14H,3-10H2,1-2H3,(H,19,20). The van der Waals surface area contributed by atoms with Crippen LogP contribution in [0.4, 0.5) is 4.79 Å². The van der Waals surface area contributed by atoms with Gasteiger partial charge in [0, 0.05) is 13.0 Å². The Labute approximate surface area is 142 Å². The molecule has 1 heterocycles. The van der Waals surface area contributed by atoms with Gasteiger partial charge in [-0.3, -0.25) is 9.69 Å². The van der Waals surface area contributed by atoms with Crippen LogP contribution < -0.4 is 0 Å². The maximum absolute atomic E-state index is 12.3. The van der Waals surface area contributed by atoms with Gasteiger partial charge in [-0.25, -0.2) is 9.59 Å². The molecular weight excluding hydrogens is 314 g/mol. The Bertz CT molecular complexity index is 480. The minimum absolute atomic E-state index is 0.192. The normalized spacial score (nSPS) is 29.5. The average Bonchev–Trinajstić information content (AvgIpc) is 2.58. The quantitative estimate of drug-likeness (QED) is 0.771. The Morgan fingerprint density at radius 3 is 2.54 bits per heavy atom. The van der Waals surface area contributed by atoms with Crippen LogP contribution in [0.1, 0.15) is 45.4 Å². The van der Waals surface area contributed by atoms with Gasteiger partial charge in [0.2, 0.25) is 0 Å². The molecule has 1 aliphatic carbocycles. The van der Waals surface area contributed by atoms with Crippen molar-refractivity contribution in [1.82, 2.24) is 4.90 Å². The molecule has 2 fully saturated rings. The van der Waals surface area contributed by atoms with Gasteiger partial charge in [-0.05, 0) is 50.4 Å². The number of carboxylic acid groups (broad SMARTS) is 1. The molecule has 1 N–H and O–H groups in total. The Morgan fingerprint density at radius 1 is 1.17 bits per heavy atom. The van der Waals surface area contributed by atoms with Crippen molar-refractivity contribution in [3.8, 4) is 0 Å². The number of carboxylic acids is 1. The maximum atomic E-state index is 12.3. The van der Waals surface area contributed by atoms with Crippen LogP contribution in [0.5, 0.6) is 0 Å². The molecule has 136 valence electrons. The second-order valence-corrected chi connectivity index (χ2v) is 6.76. The van der Waals surface area contributed by atoms with Crippen LogP contribution >= 0.6 is 0 Å². The lowest BCUT2D eigenvalue weighted by molar-refractivity contribution is -0.152. The number of aliphatic carboxylic acids is 1. The van der Waals surface area contributed by atoms with Gasteiger partial charge >= 0.3 is 18.0 Å². The first-order valence-electron chi connectivity index (χ1n) is 8.69. The van der Waals surface area contributed by atoms with E-state index in [1.807, 2.05) is 0 Å². The summed E-state index contributed by atoms with van der Waals surface area (Å²) in [6, 6.07) is -0.600. The summed E-state index contributed by atoms with van der Waals surface area (Å²) < 4.78 is 9.95. The van der Waals surface area contributed by atoms with Crippen molar-refractivity contribution in [3.63, 3.8) is 0 Å². The number of rotatable bonds is 5. The van der Waals surface area contributed by atoms with E-state index in [0.29, 0.717) is 37.1 Å². The molecule has 1 saturated carbocycles. The number of piperidine rings is 1. The molecule has 0 aromatic heterocycles. The average molecular weight is 341 g/mol. The Morgan fingerprint density at radius 2 is 1.92 bits per heavy atom. The number of amides is 1. The van der Waals surface area contributed by atoms with Crippen molar-refractivity contribution in [1.29, 1.82) is 0 Å². The van der Waals surface area contributed by atoms with E-state index in [0.717, 1.165) is 19.3 Å². The van der Waals surface area contributed by atoms with Gasteiger partial charge in [-0.2, -0.15) is 0 Å². The van der Waals surface area contributed by atoms with Crippen LogP contribution in [-0.4, -0.2) is 54.3 Å². The maximum Gasteiger partial charge on any atom is 0.410 e. The SMILES string of the molecule is CCOC(=O)C1CC2CC(CCC(=O)O)CCC2CN1C(=O)OC. The molecule has 4 unspecified atom stereocenters. The van der Waals surface area contributed by atoms with Crippen molar-refractivity contribution in [2.24, 2.45) is 17.8 Å². The van der Waals surface area contributed by atoms with Crippen LogP contribution in [0, 0.1) is 17.8 Å². The molecule has 2 rings (SSSR count). The minimum Gasteiger partial charge on any atom is -0.481 e. The Kier molecular flexibility index (Phi) is 6.45. The smallest absolute Gasteiger partial charge is 0.410 e. The van der Waals surface area contributed by atoms with Crippen molar-refractivity contribution < 1.29 is 29.0 Å². The first kappa shape index (κ1) is 18.5. The highest BCUT2D eigenvalue weighted by Gasteiger charge is 2.44. The van der Waals surface area contributed by atoms with Crippen LogP contribution in [0.15, 0.2) is 0 Å².